The van der Waals surface area contributed by atoms with Gasteiger partial charge in [0.05, 0.1) is 0 Å². The summed E-state index contributed by atoms with van der Waals surface area (Å²) in [6.45, 7) is 2.09. The number of hydrogen-bond donors (Lipinski definition) is 1. The van der Waals surface area contributed by atoms with Crippen LogP contribution in [0.25, 0.3) is 11.1 Å². The van der Waals surface area contributed by atoms with Gasteiger partial charge in [-0.25, -0.2) is 4.79 Å². The molecule has 126 valence electrons. The van der Waals surface area contributed by atoms with Crippen LogP contribution < -0.4 is 4.74 Å². The van der Waals surface area contributed by atoms with E-state index in [9.17, 15) is 4.79 Å². The van der Waals surface area contributed by atoms with Crippen LogP contribution >= 0.6 is 0 Å². The zero-order valence-corrected chi connectivity index (χ0v) is 14.1. The van der Waals surface area contributed by atoms with E-state index in [2.05, 4.69) is 25.1 Å². The minimum atomic E-state index is -1.27. The van der Waals surface area contributed by atoms with Gasteiger partial charge in [0.15, 0.2) is 0 Å². The molecular formula is C21H24O3. The Morgan fingerprint density at radius 1 is 1.12 bits per heavy atom. The highest BCUT2D eigenvalue weighted by molar-refractivity contribution is 5.75. The van der Waals surface area contributed by atoms with E-state index in [0.717, 1.165) is 17.5 Å². The minimum absolute atomic E-state index is 0.403. The summed E-state index contributed by atoms with van der Waals surface area (Å²) >= 11 is 0. The molecule has 0 bridgehead atoms. The molecule has 0 aromatic heterocycles. The maximum atomic E-state index is 11.0. The minimum Gasteiger partial charge on any atom is -0.449 e. The van der Waals surface area contributed by atoms with Crippen molar-refractivity contribution in [3.05, 3.63) is 53.6 Å². The number of benzene rings is 2. The van der Waals surface area contributed by atoms with Gasteiger partial charge in [-0.05, 0) is 54.0 Å². The molecule has 0 aliphatic heterocycles. The second-order valence-corrected chi connectivity index (χ2v) is 6.51. The van der Waals surface area contributed by atoms with E-state index >= 15 is 0 Å². The summed E-state index contributed by atoms with van der Waals surface area (Å²) in [7, 11) is 0. The predicted octanol–water partition coefficient (Wildman–Crippen LogP) is 6.02. The number of ether oxygens (including phenoxy) is 1. The van der Waals surface area contributed by atoms with Gasteiger partial charge in [0, 0.05) is 5.56 Å². The third-order valence-corrected chi connectivity index (χ3v) is 4.92. The molecule has 2 aromatic carbocycles. The lowest BCUT2D eigenvalue weighted by molar-refractivity contribution is 0.144. The quantitative estimate of drug-likeness (QED) is 0.552. The van der Waals surface area contributed by atoms with E-state index in [1.165, 1.54) is 43.2 Å². The average Bonchev–Trinajstić information content (AvgIpc) is 2.62. The molecule has 0 radical (unpaired) electrons. The fourth-order valence-corrected chi connectivity index (χ4v) is 3.60. The van der Waals surface area contributed by atoms with Crippen LogP contribution in [0.1, 0.15) is 56.1 Å². The fraction of sp³-hybridized carbons (Fsp3) is 0.381. The third-order valence-electron chi connectivity index (χ3n) is 4.92. The van der Waals surface area contributed by atoms with Crippen LogP contribution in [-0.2, 0) is 6.42 Å². The summed E-state index contributed by atoms with van der Waals surface area (Å²) in [5, 5.41) is 9.00. The van der Waals surface area contributed by atoms with Crippen molar-refractivity contribution in [2.75, 3.05) is 0 Å². The van der Waals surface area contributed by atoms with Crippen LogP contribution in [-0.4, -0.2) is 11.3 Å². The molecular weight excluding hydrogens is 300 g/mol. The second-order valence-electron chi connectivity index (χ2n) is 6.51. The number of carboxylic acid groups (broad SMARTS) is 1. The summed E-state index contributed by atoms with van der Waals surface area (Å²) < 4.78 is 5.00. The molecule has 0 saturated heterocycles. The summed E-state index contributed by atoms with van der Waals surface area (Å²) in [5.41, 5.74) is 4.42. The zero-order chi connectivity index (χ0) is 16.9. The van der Waals surface area contributed by atoms with Gasteiger partial charge in [0.1, 0.15) is 5.75 Å². The maximum Gasteiger partial charge on any atom is 0.511 e. The first-order valence-electron chi connectivity index (χ1n) is 8.81. The first-order valence-corrected chi connectivity index (χ1v) is 8.81. The smallest absolute Gasteiger partial charge is 0.449 e. The van der Waals surface area contributed by atoms with Crippen molar-refractivity contribution >= 4 is 6.16 Å². The van der Waals surface area contributed by atoms with Crippen molar-refractivity contribution in [3.8, 4) is 16.9 Å². The molecule has 3 nitrogen and oxygen atoms in total. The largest absolute Gasteiger partial charge is 0.511 e. The Hall–Kier alpha value is -2.29. The van der Waals surface area contributed by atoms with E-state index in [1.807, 2.05) is 18.2 Å². The van der Waals surface area contributed by atoms with E-state index in [0.29, 0.717) is 11.7 Å². The van der Waals surface area contributed by atoms with E-state index in [1.54, 1.807) is 6.07 Å². The molecule has 0 unspecified atom stereocenters. The van der Waals surface area contributed by atoms with Gasteiger partial charge in [-0.15, -0.1) is 0 Å². The Labute approximate surface area is 143 Å². The van der Waals surface area contributed by atoms with Gasteiger partial charge < -0.3 is 9.84 Å². The lowest BCUT2D eigenvalue weighted by atomic mass is 9.83. The van der Waals surface area contributed by atoms with Crippen LogP contribution in [0.3, 0.4) is 0 Å². The Kier molecular flexibility index (Phi) is 5.19. The van der Waals surface area contributed by atoms with Crippen molar-refractivity contribution in [2.24, 2.45) is 0 Å². The Morgan fingerprint density at radius 3 is 2.62 bits per heavy atom. The molecule has 1 saturated carbocycles. The van der Waals surface area contributed by atoms with Crippen LogP contribution in [0.4, 0.5) is 4.79 Å². The van der Waals surface area contributed by atoms with Crippen molar-refractivity contribution < 1.29 is 14.6 Å². The number of carbonyl (C=O) groups is 1. The maximum absolute atomic E-state index is 11.0. The van der Waals surface area contributed by atoms with Gasteiger partial charge >= 0.3 is 6.16 Å². The van der Waals surface area contributed by atoms with Crippen LogP contribution in [0.15, 0.2) is 42.5 Å². The normalized spacial score (nSPS) is 15.2. The van der Waals surface area contributed by atoms with Crippen molar-refractivity contribution in [1.29, 1.82) is 0 Å². The lowest BCUT2D eigenvalue weighted by Crippen LogP contribution is -2.06. The zero-order valence-electron chi connectivity index (χ0n) is 14.1. The topological polar surface area (TPSA) is 46.5 Å². The Balaban J connectivity index is 1.99. The number of rotatable bonds is 4. The highest BCUT2D eigenvalue weighted by Crippen LogP contribution is 2.37. The SMILES string of the molecule is CCc1ccc(OC(=O)O)c(-c2cccc(C3CCCCC3)c2)c1. The van der Waals surface area contributed by atoms with E-state index in [-0.39, 0.29) is 0 Å². The molecule has 1 fully saturated rings. The first kappa shape index (κ1) is 16.6. The average molecular weight is 324 g/mol. The summed E-state index contributed by atoms with van der Waals surface area (Å²) in [4.78, 5) is 11.0. The van der Waals surface area contributed by atoms with Gasteiger partial charge in [0.2, 0.25) is 0 Å². The lowest BCUT2D eigenvalue weighted by Gasteiger charge is -2.22. The monoisotopic (exact) mass is 324 g/mol. The second kappa shape index (κ2) is 7.52. The number of aryl methyl sites for hydroxylation is 1. The highest BCUT2D eigenvalue weighted by atomic mass is 16.7. The van der Waals surface area contributed by atoms with Crippen molar-refractivity contribution in [3.63, 3.8) is 0 Å². The van der Waals surface area contributed by atoms with Gasteiger partial charge in [-0.3, -0.25) is 0 Å². The molecule has 3 heteroatoms. The van der Waals surface area contributed by atoms with Crippen LogP contribution in [0, 0.1) is 0 Å². The summed E-state index contributed by atoms with van der Waals surface area (Å²) in [6.07, 6.45) is 6.06. The van der Waals surface area contributed by atoms with Crippen molar-refractivity contribution in [2.45, 2.75) is 51.4 Å². The standard InChI is InChI=1S/C21H24O3/c1-2-15-11-12-20(24-21(22)23)19(13-15)18-10-6-9-17(14-18)16-7-4-3-5-8-16/h6,9-14,16H,2-5,7-8H2,1H3,(H,22,23). The van der Waals surface area contributed by atoms with E-state index in [4.69, 9.17) is 9.84 Å². The molecule has 24 heavy (non-hydrogen) atoms. The predicted molar refractivity (Wildman–Crippen MR) is 95.7 cm³/mol. The van der Waals surface area contributed by atoms with Gasteiger partial charge in [-0.1, -0.05) is 56.5 Å². The van der Waals surface area contributed by atoms with Gasteiger partial charge in [0.25, 0.3) is 0 Å². The third kappa shape index (κ3) is 3.78. The van der Waals surface area contributed by atoms with Crippen LogP contribution in [0.5, 0.6) is 5.75 Å². The summed E-state index contributed by atoms with van der Waals surface area (Å²) in [5.74, 6) is 1.03. The summed E-state index contributed by atoms with van der Waals surface area (Å²) in [6, 6.07) is 14.2. The van der Waals surface area contributed by atoms with Crippen molar-refractivity contribution in [1.82, 2.24) is 0 Å². The Bertz CT molecular complexity index is 715. The Morgan fingerprint density at radius 2 is 1.92 bits per heavy atom. The molecule has 0 atom stereocenters. The molecule has 0 amide bonds. The molecule has 1 aliphatic rings. The molecule has 1 aliphatic carbocycles. The van der Waals surface area contributed by atoms with E-state index < -0.39 is 6.16 Å². The fourth-order valence-electron chi connectivity index (χ4n) is 3.60. The van der Waals surface area contributed by atoms with Crippen LogP contribution in [0.2, 0.25) is 0 Å². The molecule has 2 aromatic rings. The molecule has 3 rings (SSSR count). The van der Waals surface area contributed by atoms with Gasteiger partial charge in [-0.2, -0.15) is 0 Å². The molecule has 0 spiro atoms. The molecule has 0 heterocycles. The molecule has 1 N–H and O–H groups in total. The first-order chi connectivity index (χ1) is 11.7. The number of hydrogen-bond acceptors (Lipinski definition) is 2. The highest BCUT2D eigenvalue weighted by Gasteiger charge is 2.17.